The van der Waals surface area contributed by atoms with Crippen molar-refractivity contribution < 1.29 is 9.31 Å². The smallest absolute Gasteiger partial charge is 0.523 e. The van der Waals surface area contributed by atoms with Gasteiger partial charge >= 0.3 is 7.69 Å². The summed E-state index contributed by atoms with van der Waals surface area (Å²) >= 11 is 0. The Kier molecular flexibility index (Phi) is 3.19. The van der Waals surface area contributed by atoms with Crippen molar-refractivity contribution >= 4 is 7.69 Å². The van der Waals surface area contributed by atoms with Crippen molar-refractivity contribution in [1.82, 2.24) is 0 Å². The summed E-state index contributed by atoms with van der Waals surface area (Å²) in [7, 11) is 1.43. The first-order valence-corrected chi connectivity index (χ1v) is 5.66. The van der Waals surface area contributed by atoms with Crippen LogP contribution in [0.15, 0.2) is 12.1 Å². The Balaban J connectivity index is 2.35. The molecule has 0 saturated carbocycles. The van der Waals surface area contributed by atoms with E-state index in [-0.39, 0.29) is 0 Å². The maximum absolute atomic E-state index is 5.42. The summed E-state index contributed by atoms with van der Waals surface area (Å²) in [5.41, 5.74) is 2.50. The van der Waals surface area contributed by atoms with Crippen molar-refractivity contribution in [2.45, 2.75) is 39.5 Å². The van der Waals surface area contributed by atoms with Gasteiger partial charge in [0.25, 0.3) is 0 Å². The van der Waals surface area contributed by atoms with E-state index in [1.165, 1.54) is 18.8 Å². The monoisotopic (exact) mass is 203 g/mol. The van der Waals surface area contributed by atoms with Gasteiger partial charge in [-0.3, -0.25) is 0 Å². The van der Waals surface area contributed by atoms with Gasteiger partial charge in [0, 0.05) is 0 Å². The van der Waals surface area contributed by atoms with Crippen molar-refractivity contribution in [2.75, 3.05) is 0 Å². The summed E-state index contributed by atoms with van der Waals surface area (Å²) in [5.74, 6) is 1.87. The fraction of sp³-hybridized carbons (Fsp3) is 0.500. The van der Waals surface area contributed by atoms with Crippen LogP contribution in [0.1, 0.15) is 37.8 Å². The maximum Gasteiger partial charge on any atom is 0.658 e. The lowest BCUT2D eigenvalue weighted by Gasteiger charge is -2.09. The topological polar surface area (TPSA) is 18.5 Å². The zero-order chi connectivity index (χ0) is 10.7. The molecule has 0 fully saturated rings. The van der Waals surface area contributed by atoms with E-state index in [1.807, 2.05) is 0 Å². The quantitative estimate of drug-likeness (QED) is 0.700. The van der Waals surface area contributed by atoms with Gasteiger partial charge in [0.05, 0.1) is 0 Å². The molecule has 0 saturated heterocycles. The Morgan fingerprint density at radius 2 is 1.40 bits per heavy atom. The highest BCUT2D eigenvalue weighted by atomic mass is 16.6. The molecule has 0 aromatic heterocycles. The third kappa shape index (κ3) is 1.96. The molecule has 0 spiro atoms. The average Bonchev–Trinajstić information content (AvgIpc) is 2.71. The van der Waals surface area contributed by atoms with Gasteiger partial charge in [0.1, 0.15) is 11.5 Å². The van der Waals surface area contributed by atoms with Crippen LogP contribution in [0.2, 0.25) is 0 Å². The molecule has 3 heteroatoms. The van der Waals surface area contributed by atoms with Gasteiger partial charge in [-0.2, -0.15) is 0 Å². The van der Waals surface area contributed by atoms with Crippen LogP contribution in [0.3, 0.4) is 0 Å². The molecule has 1 aromatic carbocycles. The highest BCUT2D eigenvalue weighted by Crippen LogP contribution is 2.39. The first-order valence-electron chi connectivity index (χ1n) is 5.66. The van der Waals surface area contributed by atoms with E-state index in [9.17, 15) is 0 Å². The van der Waals surface area contributed by atoms with Gasteiger partial charge in [0.15, 0.2) is 0 Å². The van der Waals surface area contributed by atoms with Crippen LogP contribution >= 0.6 is 0 Å². The molecule has 0 amide bonds. The molecule has 0 atom stereocenters. The van der Waals surface area contributed by atoms with E-state index in [0.29, 0.717) is 0 Å². The molecular formula is C12H16BO2. The normalized spacial score (nSPS) is 12.7. The molecule has 0 aliphatic carbocycles. The van der Waals surface area contributed by atoms with E-state index < -0.39 is 0 Å². The molecule has 2 rings (SSSR count). The molecular weight excluding hydrogens is 187 g/mol. The van der Waals surface area contributed by atoms with Gasteiger partial charge in [-0.15, -0.1) is 0 Å². The molecule has 1 aromatic rings. The molecule has 0 N–H and O–H groups in total. The minimum absolute atomic E-state index is 0.933. The summed E-state index contributed by atoms with van der Waals surface area (Å²) in [6.45, 7) is 4.34. The molecule has 15 heavy (non-hydrogen) atoms. The number of benzene rings is 1. The SMILES string of the molecule is CCCc1ccc(CCC)c2c1O[B]O2. The van der Waals surface area contributed by atoms with Crippen LogP contribution in [0, 0.1) is 0 Å². The minimum atomic E-state index is 0.933. The second kappa shape index (κ2) is 4.60. The number of aryl methyl sites for hydroxylation is 2. The van der Waals surface area contributed by atoms with Crippen molar-refractivity contribution in [3.8, 4) is 11.5 Å². The van der Waals surface area contributed by atoms with Crippen LogP contribution in [-0.4, -0.2) is 7.69 Å². The van der Waals surface area contributed by atoms with Crippen LogP contribution in [0.25, 0.3) is 0 Å². The molecule has 1 radical (unpaired) electrons. The lowest BCUT2D eigenvalue weighted by Crippen LogP contribution is -2.01. The van der Waals surface area contributed by atoms with Crippen LogP contribution in [0.5, 0.6) is 11.5 Å². The molecule has 0 unspecified atom stereocenters. The molecule has 0 bridgehead atoms. The van der Waals surface area contributed by atoms with E-state index in [0.717, 1.165) is 37.2 Å². The van der Waals surface area contributed by atoms with Crippen LogP contribution in [-0.2, 0) is 12.8 Å². The Hall–Kier alpha value is -1.12. The van der Waals surface area contributed by atoms with Gasteiger partial charge in [-0.05, 0) is 24.0 Å². The van der Waals surface area contributed by atoms with E-state index in [2.05, 4.69) is 26.0 Å². The Morgan fingerprint density at radius 3 is 1.80 bits per heavy atom. The molecule has 1 heterocycles. The predicted molar refractivity (Wildman–Crippen MR) is 61.4 cm³/mol. The maximum atomic E-state index is 5.42. The predicted octanol–water partition coefficient (Wildman–Crippen LogP) is 2.90. The summed E-state index contributed by atoms with van der Waals surface area (Å²) in [5, 5.41) is 0. The van der Waals surface area contributed by atoms with Crippen molar-refractivity contribution in [3.63, 3.8) is 0 Å². The Labute approximate surface area is 91.9 Å². The molecule has 79 valence electrons. The fourth-order valence-electron chi connectivity index (χ4n) is 1.96. The molecule has 1 aliphatic heterocycles. The fourth-order valence-corrected chi connectivity index (χ4v) is 1.96. The number of hydrogen-bond donors (Lipinski definition) is 0. The second-order valence-corrected chi connectivity index (χ2v) is 3.87. The first-order chi connectivity index (χ1) is 7.36. The first kappa shape index (κ1) is 10.4. The summed E-state index contributed by atoms with van der Waals surface area (Å²) < 4.78 is 10.8. The largest absolute Gasteiger partial charge is 0.658 e. The van der Waals surface area contributed by atoms with E-state index in [1.54, 1.807) is 0 Å². The zero-order valence-electron chi connectivity index (χ0n) is 9.38. The standard InChI is InChI=1S/C12H16BO2/c1-3-5-9-7-8-10(6-4-2)12-11(9)14-13-15-12/h7-8H,3-6H2,1-2H3. The van der Waals surface area contributed by atoms with Crippen LogP contribution in [0.4, 0.5) is 0 Å². The third-order valence-electron chi connectivity index (χ3n) is 2.65. The van der Waals surface area contributed by atoms with Crippen molar-refractivity contribution in [3.05, 3.63) is 23.3 Å². The average molecular weight is 203 g/mol. The zero-order valence-corrected chi connectivity index (χ0v) is 9.38. The summed E-state index contributed by atoms with van der Waals surface area (Å²) in [4.78, 5) is 0. The number of fused-ring (bicyclic) bond motifs is 1. The third-order valence-corrected chi connectivity index (χ3v) is 2.65. The van der Waals surface area contributed by atoms with Gasteiger partial charge in [-0.1, -0.05) is 38.8 Å². The van der Waals surface area contributed by atoms with Gasteiger partial charge in [0.2, 0.25) is 0 Å². The highest BCUT2D eigenvalue weighted by Gasteiger charge is 2.23. The Morgan fingerprint density at radius 1 is 0.933 bits per heavy atom. The van der Waals surface area contributed by atoms with Gasteiger partial charge < -0.3 is 9.31 Å². The Bertz CT molecular complexity index is 317. The highest BCUT2D eigenvalue weighted by molar-refractivity contribution is 6.23. The molecule has 1 aliphatic rings. The van der Waals surface area contributed by atoms with Crippen molar-refractivity contribution in [1.29, 1.82) is 0 Å². The lowest BCUT2D eigenvalue weighted by atomic mass is 10.0. The van der Waals surface area contributed by atoms with Gasteiger partial charge in [-0.25, -0.2) is 0 Å². The second-order valence-electron chi connectivity index (χ2n) is 3.87. The lowest BCUT2D eigenvalue weighted by molar-refractivity contribution is 0.536. The summed E-state index contributed by atoms with van der Waals surface area (Å²) in [6, 6.07) is 4.33. The van der Waals surface area contributed by atoms with Crippen molar-refractivity contribution in [2.24, 2.45) is 0 Å². The van der Waals surface area contributed by atoms with E-state index in [4.69, 9.17) is 9.31 Å². The number of hydrogen-bond acceptors (Lipinski definition) is 2. The summed E-state index contributed by atoms with van der Waals surface area (Å²) in [6.07, 6.45) is 4.35. The van der Waals surface area contributed by atoms with Crippen LogP contribution < -0.4 is 9.31 Å². The minimum Gasteiger partial charge on any atom is -0.523 e. The molecule has 2 nitrogen and oxygen atoms in total. The number of rotatable bonds is 4. The van der Waals surface area contributed by atoms with E-state index >= 15 is 0 Å².